The minimum atomic E-state index is -0.0177. The number of ketones is 1. The first kappa shape index (κ1) is 24.9. The predicted molar refractivity (Wildman–Crippen MR) is 144 cm³/mol. The van der Waals surface area contributed by atoms with Crippen molar-refractivity contribution in [3.8, 4) is 11.5 Å². The van der Waals surface area contributed by atoms with Gasteiger partial charge in [-0.15, -0.1) is 0 Å². The molecule has 1 heterocycles. The summed E-state index contributed by atoms with van der Waals surface area (Å²) in [6, 6.07) is 17.6. The van der Waals surface area contributed by atoms with Crippen LogP contribution < -0.4 is 14.4 Å². The van der Waals surface area contributed by atoms with Crippen molar-refractivity contribution >= 4 is 29.1 Å². The summed E-state index contributed by atoms with van der Waals surface area (Å²) in [6.07, 6.45) is 7.22. The van der Waals surface area contributed by atoms with Crippen molar-refractivity contribution in [1.29, 1.82) is 0 Å². The summed E-state index contributed by atoms with van der Waals surface area (Å²) < 4.78 is 11.5. The first-order valence-electron chi connectivity index (χ1n) is 12.1. The topological polar surface area (TPSA) is 38.8 Å². The summed E-state index contributed by atoms with van der Waals surface area (Å²) >= 11 is 6.27. The Bertz CT molecular complexity index is 1190. The molecule has 1 saturated heterocycles. The van der Waals surface area contributed by atoms with Gasteiger partial charge < -0.3 is 14.4 Å². The molecule has 0 aromatic heterocycles. The highest BCUT2D eigenvalue weighted by atomic mass is 35.5. The third kappa shape index (κ3) is 6.26. The quantitative estimate of drug-likeness (QED) is 0.243. The van der Waals surface area contributed by atoms with Crippen LogP contribution in [0.3, 0.4) is 0 Å². The number of piperidine rings is 1. The Hall–Kier alpha value is -3.24. The fourth-order valence-electron chi connectivity index (χ4n) is 4.42. The van der Waals surface area contributed by atoms with Gasteiger partial charge in [0.1, 0.15) is 18.1 Å². The van der Waals surface area contributed by atoms with Crippen molar-refractivity contribution in [2.45, 2.75) is 39.7 Å². The molecule has 0 radical (unpaired) electrons. The number of rotatable bonds is 8. The molecule has 0 bridgehead atoms. The maximum atomic E-state index is 12.8. The van der Waals surface area contributed by atoms with Gasteiger partial charge in [0.15, 0.2) is 5.78 Å². The fraction of sp³-hybridized carbons (Fsp3) is 0.300. The molecule has 0 atom stereocenters. The molecule has 4 rings (SSSR count). The number of ether oxygens (including phenoxy) is 2. The van der Waals surface area contributed by atoms with Crippen molar-refractivity contribution in [2.75, 3.05) is 25.1 Å². The van der Waals surface area contributed by atoms with Gasteiger partial charge in [-0.2, -0.15) is 0 Å². The second kappa shape index (κ2) is 11.5. The summed E-state index contributed by atoms with van der Waals surface area (Å²) in [5.74, 6) is 1.48. The van der Waals surface area contributed by atoms with Crippen molar-refractivity contribution in [3.05, 3.63) is 93.5 Å². The van der Waals surface area contributed by atoms with Crippen LogP contribution >= 0.6 is 11.6 Å². The molecule has 182 valence electrons. The minimum absolute atomic E-state index is 0.0177. The Morgan fingerprint density at radius 3 is 2.31 bits per heavy atom. The number of carbonyl (C=O) groups excluding carboxylic acids is 1. The second-order valence-corrected chi connectivity index (χ2v) is 9.40. The average molecular weight is 490 g/mol. The van der Waals surface area contributed by atoms with Crippen LogP contribution in [0.25, 0.3) is 6.08 Å². The standard InChI is InChI=1S/C30H32ClNO3/c1-21-17-27(18-22(2)30(21)31)35-20-25-19-23(8-14-29(25)34-3)7-13-28(33)24-9-11-26(12-10-24)32-15-5-4-6-16-32/h7-14,17-19H,4-6,15-16,20H2,1-3H3/b13-7+. The molecule has 0 saturated carbocycles. The molecular weight excluding hydrogens is 458 g/mol. The Morgan fingerprint density at radius 2 is 1.66 bits per heavy atom. The lowest BCUT2D eigenvalue weighted by Crippen LogP contribution is -2.29. The van der Waals surface area contributed by atoms with Crippen LogP contribution in [0, 0.1) is 13.8 Å². The summed E-state index contributed by atoms with van der Waals surface area (Å²) in [6.45, 7) is 6.46. The zero-order valence-electron chi connectivity index (χ0n) is 20.6. The number of allylic oxidation sites excluding steroid dienone is 1. The molecule has 4 nitrogen and oxygen atoms in total. The molecule has 0 N–H and O–H groups in total. The van der Waals surface area contributed by atoms with Gasteiger partial charge in [0.2, 0.25) is 0 Å². The van der Waals surface area contributed by atoms with E-state index in [0.717, 1.165) is 51.9 Å². The van der Waals surface area contributed by atoms with E-state index in [-0.39, 0.29) is 5.78 Å². The first-order chi connectivity index (χ1) is 16.9. The van der Waals surface area contributed by atoms with Gasteiger partial charge in [0, 0.05) is 34.9 Å². The number of hydrogen-bond acceptors (Lipinski definition) is 4. The number of aryl methyl sites for hydroxylation is 2. The molecule has 5 heteroatoms. The van der Waals surface area contributed by atoms with Crippen LogP contribution in [0.5, 0.6) is 11.5 Å². The molecule has 0 aliphatic carbocycles. The molecular formula is C30H32ClNO3. The number of methoxy groups -OCH3 is 1. The number of benzene rings is 3. The van der Waals surface area contributed by atoms with Crippen LogP contribution in [0.2, 0.25) is 5.02 Å². The van der Waals surface area contributed by atoms with E-state index >= 15 is 0 Å². The van der Waals surface area contributed by atoms with Gasteiger partial charge in [-0.25, -0.2) is 0 Å². The monoisotopic (exact) mass is 489 g/mol. The molecule has 0 unspecified atom stereocenters. The Balaban J connectivity index is 1.43. The Kier molecular flexibility index (Phi) is 8.14. The summed E-state index contributed by atoms with van der Waals surface area (Å²) in [7, 11) is 1.64. The number of carbonyl (C=O) groups is 1. The molecule has 1 aliphatic heterocycles. The second-order valence-electron chi connectivity index (χ2n) is 9.02. The van der Waals surface area contributed by atoms with Gasteiger partial charge in [-0.3, -0.25) is 4.79 Å². The van der Waals surface area contributed by atoms with Crippen LogP contribution in [-0.4, -0.2) is 26.0 Å². The molecule has 1 aliphatic rings. The maximum Gasteiger partial charge on any atom is 0.185 e. The lowest BCUT2D eigenvalue weighted by Gasteiger charge is -2.28. The van der Waals surface area contributed by atoms with E-state index in [1.807, 2.05) is 62.4 Å². The SMILES string of the molecule is COc1ccc(/C=C/C(=O)c2ccc(N3CCCCC3)cc2)cc1COc1cc(C)c(Cl)c(C)c1. The predicted octanol–water partition coefficient (Wildman–Crippen LogP) is 7.43. The van der Waals surface area contributed by atoms with Crippen molar-refractivity contribution in [2.24, 2.45) is 0 Å². The van der Waals surface area contributed by atoms with E-state index in [2.05, 4.69) is 17.0 Å². The number of hydrogen-bond donors (Lipinski definition) is 0. The minimum Gasteiger partial charge on any atom is -0.496 e. The van der Waals surface area contributed by atoms with Crippen LogP contribution in [0.15, 0.2) is 60.7 Å². The molecule has 3 aromatic carbocycles. The third-order valence-corrected chi connectivity index (χ3v) is 7.01. The van der Waals surface area contributed by atoms with E-state index in [0.29, 0.717) is 12.2 Å². The Morgan fingerprint density at radius 1 is 0.971 bits per heavy atom. The normalized spacial score (nSPS) is 13.8. The Labute approximate surface area is 213 Å². The number of halogens is 1. The highest BCUT2D eigenvalue weighted by Gasteiger charge is 2.12. The number of nitrogens with zero attached hydrogens (tertiary/aromatic N) is 1. The summed E-state index contributed by atoms with van der Waals surface area (Å²) in [5, 5.41) is 0.757. The molecule has 3 aromatic rings. The van der Waals surface area contributed by atoms with Crippen LogP contribution in [0.1, 0.15) is 51.9 Å². The van der Waals surface area contributed by atoms with Gasteiger partial charge in [-0.1, -0.05) is 23.7 Å². The van der Waals surface area contributed by atoms with Gasteiger partial charge in [-0.05, 0) is 104 Å². The largest absolute Gasteiger partial charge is 0.496 e. The highest BCUT2D eigenvalue weighted by Crippen LogP contribution is 2.28. The van der Waals surface area contributed by atoms with Crippen molar-refractivity contribution in [1.82, 2.24) is 0 Å². The van der Waals surface area contributed by atoms with E-state index < -0.39 is 0 Å². The van der Waals surface area contributed by atoms with Gasteiger partial charge >= 0.3 is 0 Å². The zero-order chi connectivity index (χ0) is 24.8. The number of anilines is 1. The molecule has 35 heavy (non-hydrogen) atoms. The highest BCUT2D eigenvalue weighted by molar-refractivity contribution is 6.32. The third-order valence-electron chi connectivity index (χ3n) is 6.41. The summed E-state index contributed by atoms with van der Waals surface area (Å²) in [4.78, 5) is 15.1. The van der Waals surface area contributed by atoms with Crippen LogP contribution in [0.4, 0.5) is 5.69 Å². The van der Waals surface area contributed by atoms with E-state index in [4.69, 9.17) is 21.1 Å². The van der Waals surface area contributed by atoms with E-state index in [1.54, 1.807) is 13.2 Å². The molecule has 0 amide bonds. The first-order valence-corrected chi connectivity index (χ1v) is 12.5. The van der Waals surface area contributed by atoms with E-state index in [1.165, 1.54) is 24.9 Å². The lowest BCUT2D eigenvalue weighted by atomic mass is 10.1. The smallest absolute Gasteiger partial charge is 0.185 e. The van der Waals surface area contributed by atoms with Gasteiger partial charge in [0.25, 0.3) is 0 Å². The maximum absolute atomic E-state index is 12.8. The van der Waals surface area contributed by atoms with Crippen molar-refractivity contribution in [3.63, 3.8) is 0 Å². The lowest BCUT2D eigenvalue weighted by molar-refractivity contribution is 0.104. The van der Waals surface area contributed by atoms with Gasteiger partial charge in [0.05, 0.1) is 7.11 Å². The van der Waals surface area contributed by atoms with Crippen molar-refractivity contribution < 1.29 is 14.3 Å². The fourth-order valence-corrected chi connectivity index (χ4v) is 4.53. The van der Waals surface area contributed by atoms with E-state index in [9.17, 15) is 4.79 Å². The van der Waals surface area contributed by atoms with Crippen LogP contribution in [-0.2, 0) is 6.61 Å². The zero-order valence-corrected chi connectivity index (χ0v) is 21.4. The molecule has 1 fully saturated rings. The average Bonchev–Trinajstić information content (AvgIpc) is 2.89. The molecule has 0 spiro atoms. The summed E-state index contributed by atoms with van der Waals surface area (Å²) in [5.41, 5.74) is 5.65.